The molecule has 0 amide bonds. The highest BCUT2D eigenvalue weighted by molar-refractivity contribution is 7.99. The molecule has 3 rings (SSSR count). The molecule has 0 spiro atoms. The second kappa shape index (κ2) is 6.41. The van der Waals surface area contributed by atoms with Crippen molar-refractivity contribution in [3.05, 3.63) is 35.6 Å². The summed E-state index contributed by atoms with van der Waals surface area (Å²) >= 11 is 7.54. The summed E-state index contributed by atoms with van der Waals surface area (Å²) in [7, 11) is 0. The van der Waals surface area contributed by atoms with Gasteiger partial charge in [0.15, 0.2) is 5.16 Å². The molecule has 1 aliphatic heterocycles. The largest absolute Gasteiger partial charge is 0.341 e. The van der Waals surface area contributed by atoms with Gasteiger partial charge in [0.25, 0.3) is 0 Å². The summed E-state index contributed by atoms with van der Waals surface area (Å²) in [6, 6.07) is 10.0. The highest BCUT2D eigenvalue weighted by atomic mass is 35.5. The van der Waals surface area contributed by atoms with Crippen LogP contribution in [-0.4, -0.2) is 28.0 Å². The normalized spacial score (nSPS) is 15.3. The van der Waals surface area contributed by atoms with Crippen LogP contribution in [0.4, 0.5) is 5.95 Å². The van der Waals surface area contributed by atoms with Crippen molar-refractivity contribution < 1.29 is 0 Å². The fourth-order valence-electron chi connectivity index (χ4n) is 2.20. The first-order chi connectivity index (χ1) is 9.81. The minimum Gasteiger partial charge on any atom is -0.341 e. The van der Waals surface area contributed by atoms with Crippen LogP contribution in [0.1, 0.15) is 19.3 Å². The van der Waals surface area contributed by atoms with Gasteiger partial charge in [-0.3, -0.25) is 0 Å². The average Bonchev–Trinajstić information content (AvgIpc) is 2.49. The first kappa shape index (κ1) is 13.6. The van der Waals surface area contributed by atoms with Crippen molar-refractivity contribution in [3.8, 4) is 0 Å². The molecule has 0 aliphatic carbocycles. The monoisotopic (exact) mass is 306 g/mol. The third kappa shape index (κ3) is 3.41. The van der Waals surface area contributed by atoms with Gasteiger partial charge < -0.3 is 4.90 Å². The maximum absolute atomic E-state index is 6.03. The lowest BCUT2D eigenvalue weighted by Crippen LogP contribution is -2.31. The molecular weight excluding hydrogens is 292 g/mol. The molecule has 2 heterocycles. The quantitative estimate of drug-likeness (QED) is 0.865. The van der Waals surface area contributed by atoms with E-state index < -0.39 is 0 Å². The Kier molecular flexibility index (Phi) is 4.38. The Morgan fingerprint density at radius 2 is 1.70 bits per heavy atom. The van der Waals surface area contributed by atoms with Gasteiger partial charge in [-0.05, 0) is 54.8 Å². The molecule has 0 atom stereocenters. The lowest BCUT2D eigenvalue weighted by atomic mass is 10.1. The van der Waals surface area contributed by atoms with Crippen molar-refractivity contribution in [1.29, 1.82) is 0 Å². The average molecular weight is 307 g/mol. The third-order valence-corrected chi connectivity index (χ3v) is 4.21. The van der Waals surface area contributed by atoms with Crippen molar-refractivity contribution in [2.45, 2.75) is 29.3 Å². The lowest BCUT2D eigenvalue weighted by molar-refractivity contribution is 0.564. The number of hydrogen-bond donors (Lipinski definition) is 0. The third-order valence-electron chi connectivity index (χ3n) is 3.17. The van der Waals surface area contributed by atoms with Crippen LogP contribution in [0.3, 0.4) is 0 Å². The van der Waals surface area contributed by atoms with Gasteiger partial charge in [-0.2, -0.15) is 15.0 Å². The zero-order chi connectivity index (χ0) is 13.8. The van der Waals surface area contributed by atoms with Crippen LogP contribution < -0.4 is 4.90 Å². The summed E-state index contributed by atoms with van der Waals surface area (Å²) in [4.78, 5) is 16.3. The number of benzene rings is 1. The Bertz CT molecular complexity index is 573. The van der Waals surface area contributed by atoms with Gasteiger partial charge in [0.1, 0.15) is 0 Å². The Balaban J connectivity index is 1.82. The standard InChI is InChI=1S/C14H15ClN4S/c15-12-16-13(19-9-5-2-6-10-19)18-14(17-12)20-11-7-3-1-4-8-11/h1,3-4,7-8H,2,5-6,9-10H2. The molecular formula is C14H15ClN4S. The Hall–Kier alpha value is -1.33. The smallest absolute Gasteiger partial charge is 0.230 e. The van der Waals surface area contributed by atoms with E-state index in [1.807, 2.05) is 30.3 Å². The molecule has 20 heavy (non-hydrogen) atoms. The molecule has 0 unspecified atom stereocenters. The molecule has 6 heteroatoms. The van der Waals surface area contributed by atoms with E-state index in [1.165, 1.54) is 31.0 Å². The summed E-state index contributed by atoms with van der Waals surface area (Å²) in [6.45, 7) is 1.99. The fraction of sp³-hybridized carbons (Fsp3) is 0.357. The van der Waals surface area contributed by atoms with E-state index in [1.54, 1.807) is 0 Å². The molecule has 0 bridgehead atoms. The Labute approximate surface area is 127 Å². The zero-order valence-corrected chi connectivity index (χ0v) is 12.6. The van der Waals surface area contributed by atoms with E-state index in [9.17, 15) is 0 Å². The van der Waals surface area contributed by atoms with Crippen LogP contribution in [0.15, 0.2) is 40.4 Å². The SMILES string of the molecule is Clc1nc(Sc2ccccc2)nc(N2CCCCC2)n1. The molecule has 1 fully saturated rings. The number of piperidine rings is 1. The minimum atomic E-state index is 0.263. The van der Waals surface area contributed by atoms with E-state index in [0.717, 1.165) is 18.0 Å². The van der Waals surface area contributed by atoms with E-state index in [0.29, 0.717) is 11.1 Å². The number of halogens is 1. The van der Waals surface area contributed by atoms with Gasteiger partial charge in [0, 0.05) is 18.0 Å². The van der Waals surface area contributed by atoms with E-state index in [2.05, 4.69) is 19.9 Å². The topological polar surface area (TPSA) is 41.9 Å². The molecule has 0 N–H and O–H groups in total. The number of aromatic nitrogens is 3. The zero-order valence-electron chi connectivity index (χ0n) is 11.0. The van der Waals surface area contributed by atoms with Crippen molar-refractivity contribution >= 4 is 29.3 Å². The number of hydrogen-bond acceptors (Lipinski definition) is 5. The van der Waals surface area contributed by atoms with Crippen LogP contribution in [0.5, 0.6) is 0 Å². The molecule has 0 saturated carbocycles. The van der Waals surface area contributed by atoms with E-state index in [4.69, 9.17) is 11.6 Å². The second-order valence-electron chi connectivity index (χ2n) is 4.65. The summed E-state index contributed by atoms with van der Waals surface area (Å²) in [5, 5.41) is 0.913. The molecule has 0 radical (unpaired) electrons. The summed E-state index contributed by atoms with van der Waals surface area (Å²) in [5.41, 5.74) is 0. The van der Waals surface area contributed by atoms with Crippen LogP contribution in [-0.2, 0) is 0 Å². The van der Waals surface area contributed by atoms with E-state index >= 15 is 0 Å². The predicted octanol–water partition coefficient (Wildman–Crippen LogP) is 3.67. The van der Waals surface area contributed by atoms with Crippen molar-refractivity contribution in [2.75, 3.05) is 18.0 Å². The molecule has 4 nitrogen and oxygen atoms in total. The number of nitrogens with zero attached hydrogens (tertiary/aromatic N) is 4. The van der Waals surface area contributed by atoms with Crippen LogP contribution in [0.2, 0.25) is 5.28 Å². The highest BCUT2D eigenvalue weighted by Gasteiger charge is 2.16. The summed E-state index contributed by atoms with van der Waals surface area (Å²) in [5.74, 6) is 0.697. The maximum Gasteiger partial charge on any atom is 0.230 e. The van der Waals surface area contributed by atoms with Gasteiger partial charge in [0.2, 0.25) is 11.2 Å². The van der Waals surface area contributed by atoms with Gasteiger partial charge in [0.05, 0.1) is 0 Å². The van der Waals surface area contributed by atoms with Crippen molar-refractivity contribution in [2.24, 2.45) is 0 Å². The van der Waals surface area contributed by atoms with Gasteiger partial charge in [-0.15, -0.1) is 0 Å². The first-order valence-electron chi connectivity index (χ1n) is 6.71. The Morgan fingerprint density at radius 1 is 0.950 bits per heavy atom. The summed E-state index contributed by atoms with van der Waals surface area (Å²) in [6.07, 6.45) is 3.65. The lowest BCUT2D eigenvalue weighted by Gasteiger charge is -2.26. The van der Waals surface area contributed by atoms with Crippen molar-refractivity contribution in [1.82, 2.24) is 15.0 Å². The van der Waals surface area contributed by atoms with Crippen LogP contribution >= 0.6 is 23.4 Å². The summed E-state index contributed by atoms with van der Waals surface area (Å²) < 4.78 is 0. The van der Waals surface area contributed by atoms with Gasteiger partial charge >= 0.3 is 0 Å². The molecule has 104 valence electrons. The number of anilines is 1. The van der Waals surface area contributed by atoms with Crippen molar-refractivity contribution in [3.63, 3.8) is 0 Å². The van der Waals surface area contributed by atoms with E-state index in [-0.39, 0.29) is 5.28 Å². The second-order valence-corrected chi connectivity index (χ2v) is 6.03. The molecule has 1 saturated heterocycles. The van der Waals surface area contributed by atoms with Gasteiger partial charge in [-0.25, -0.2) is 0 Å². The minimum absolute atomic E-state index is 0.263. The predicted molar refractivity (Wildman–Crippen MR) is 81.5 cm³/mol. The van der Waals surface area contributed by atoms with Crippen LogP contribution in [0, 0.1) is 0 Å². The molecule has 1 aliphatic rings. The number of rotatable bonds is 3. The Morgan fingerprint density at radius 3 is 2.45 bits per heavy atom. The molecule has 1 aromatic carbocycles. The van der Waals surface area contributed by atoms with Gasteiger partial charge in [-0.1, -0.05) is 18.2 Å². The fourth-order valence-corrected chi connectivity index (χ4v) is 3.17. The molecule has 2 aromatic rings. The molecule has 1 aromatic heterocycles. The highest BCUT2D eigenvalue weighted by Crippen LogP contribution is 2.27. The first-order valence-corrected chi connectivity index (χ1v) is 7.90. The van der Waals surface area contributed by atoms with Crippen LogP contribution in [0.25, 0.3) is 0 Å². The maximum atomic E-state index is 6.03.